The standard InChI is InChI=1S/C15H22OS/c16-15(13-7-3-1-2-4-8-13)11-5-9-14-10-6-12-17-14/h6,10,12-13H,1-5,7-9,11H2. The second-order valence-corrected chi connectivity index (χ2v) is 6.12. The Labute approximate surface area is 108 Å². The van der Waals surface area contributed by atoms with Crippen LogP contribution in [0.2, 0.25) is 0 Å². The lowest BCUT2D eigenvalue weighted by molar-refractivity contribution is -0.123. The lowest BCUT2D eigenvalue weighted by Crippen LogP contribution is -2.13. The topological polar surface area (TPSA) is 17.1 Å². The minimum atomic E-state index is 0.390. The highest BCUT2D eigenvalue weighted by Gasteiger charge is 2.19. The fraction of sp³-hybridized carbons (Fsp3) is 0.667. The Balaban J connectivity index is 1.69. The number of hydrogen-bond acceptors (Lipinski definition) is 2. The zero-order valence-corrected chi connectivity index (χ0v) is 11.3. The summed E-state index contributed by atoms with van der Waals surface area (Å²) >= 11 is 1.80. The smallest absolute Gasteiger partial charge is 0.135 e. The lowest BCUT2D eigenvalue weighted by atomic mass is 9.92. The van der Waals surface area contributed by atoms with Crippen molar-refractivity contribution in [2.24, 2.45) is 5.92 Å². The third-order valence-electron chi connectivity index (χ3n) is 3.74. The number of carbonyl (C=O) groups is 1. The van der Waals surface area contributed by atoms with E-state index in [2.05, 4.69) is 17.5 Å². The van der Waals surface area contributed by atoms with E-state index in [4.69, 9.17) is 0 Å². The average molecular weight is 250 g/mol. The first-order valence-electron chi connectivity index (χ1n) is 6.91. The molecule has 1 aromatic rings. The third-order valence-corrected chi connectivity index (χ3v) is 4.67. The number of rotatable bonds is 5. The summed E-state index contributed by atoms with van der Waals surface area (Å²) in [4.78, 5) is 13.5. The molecule has 1 aromatic heterocycles. The van der Waals surface area contributed by atoms with Crippen molar-refractivity contribution < 1.29 is 4.79 Å². The van der Waals surface area contributed by atoms with E-state index in [9.17, 15) is 4.79 Å². The number of carbonyl (C=O) groups excluding carboxylic acids is 1. The molecule has 1 aliphatic carbocycles. The van der Waals surface area contributed by atoms with Crippen molar-refractivity contribution in [3.05, 3.63) is 22.4 Å². The Kier molecular flexibility index (Phi) is 5.24. The van der Waals surface area contributed by atoms with Crippen molar-refractivity contribution in [3.63, 3.8) is 0 Å². The van der Waals surface area contributed by atoms with E-state index in [0.717, 1.165) is 32.1 Å². The maximum atomic E-state index is 12.1. The van der Waals surface area contributed by atoms with Crippen LogP contribution >= 0.6 is 11.3 Å². The van der Waals surface area contributed by atoms with Gasteiger partial charge in [0.25, 0.3) is 0 Å². The van der Waals surface area contributed by atoms with Crippen molar-refractivity contribution in [1.82, 2.24) is 0 Å². The molecule has 1 saturated carbocycles. The van der Waals surface area contributed by atoms with Crippen molar-refractivity contribution in [1.29, 1.82) is 0 Å². The van der Waals surface area contributed by atoms with Crippen molar-refractivity contribution in [2.45, 2.75) is 57.8 Å². The largest absolute Gasteiger partial charge is 0.299 e. The molecule has 0 atom stereocenters. The SMILES string of the molecule is O=C(CCCc1cccs1)C1CCCCCC1. The predicted molar refractivity (Wildman–Crippen MR) is 73.5 cm³/mol. The molecule has 1 nitrogen and oxygen atoms in total. The van der Waals surface area contributed by atoms with Crippen LogP contribution in [0.1, 0.15) is 56.2 Å². The van der Waals surface area contributed by atoms with E-state index in [1.165, 1.54) is 30.6 Å². The van der Waals surface area contributed by atoms with Crippen LogP contribution in [0.4, 0.5) is 0 Å². The molecule has 0 amide bonds. The van der Waals surface area contributed by atoms with Gasteiger partial charge in [-0.3, -0.25) is 4.79 Å². The van der Waals surface area contributed by atoms with Crippen LogP contribution in [0, 0.1) is 5.92 Å². The molecule has 0 spiro atoms. The first kappa shape index (κ1) is 12.8. The molecule has 1 heterocycles. The molecule has 2 rings (SSSR count). The lowest BCUT2D eigenvalue weighted by Gasteiger charge is -2.12. The Morgan fingerprint density at radius 1 is 1.24 bits per heavy atom. The van der Waals surface area contributed by atoms with Gasteiger partial charge in [-0.05, 0) is 37.1 Å². The highest BCUT2D eigenvalue weighted by molar-refractivity contribution is 7.09. The molecular weight excluding hydrogens is 228 g/mol. The van der Waals surface area contributed by atoms with Gasteiger partial charge in [0.05, 0.1) is 0 Å². The molecule has 94 valence electrons. The average Bonchev–Trinajstić information content (AvgIpc) is 2.69. The summed E-state index contributed by atoms with van der Waals surface area (Å²) in [6, 6.07) is 4.26. The molecule has 17 heavy (non-hydrogen) atoms. The quantitative estimate of drug-likeness (QED) is 0.697. The number of aryl methyl sites for hydroxylation is 1. The van der Waals surface area contributed by atoms with Crippen LogP contribution in [-0.4, -0.2) is 5.78 Å². The molecule has 1 fully saturated rings. The number of ketones is 1. The summed E-state index contributed by atoms with van der Waals surface area (Å²) in [5, 5.41) is 2.11. The van der Waals surface area contributed by atoms with Crippen molar-refractivity contribution in [2.75, 3.05) is 0 Å². The van der Waals surface area contributed by atoms with E-state index in [0.29, 0.717) is 11.7 Å². The van der Waals surface area contributed by atoms with E-state index in [-0.39, 0.29) is 0 Å². The molecule has 0 saturated heterocycles. The van der Waals surface area contributed by atoms with Crippen LogP contribution < -0.4 is 0 Å². The maximum absolute atomic E-state index is 12.1. The molecule has 0 N–H and O–H groups in total. The van der Waals surface area contributed by atoms with Crippen LogP contribution in [0.25, 0.3) is 0 Å². The van der Waals surface area contributed by atoms with Gasteiger partial charge in [-0.1, -0.05) is 31.7 Å². The van der Waals surface area contributed by atoms with Crippen molar-refractivity contribution >= 4 is 17.1 Å². The van der Waals surface area contributed by atoms with Crippen LogP contribution in [0.3, 0.4) is 0 Å². The van der Waals surface area contributed by atoms with E-state index >= 15 is 0 Å². The first-order chi connectivity index (χ1) is 8.36. The van der Waals surface area contributed by atoms with Crippen LogP contribution in [0.5, 0.6) is 0 Å². The molecule has 0 radical (unpaired) electrons. The minimum absolute atomic E-state index is 0.390. The maximum Gasteiger partial charge on any atom is 0.135 e. The second-order valence-electron chi connectivity index (χ2n) is 5.09. The van der Waals surface area contributed by atoms with Gasteiger partial charge in [-0.2, -0.15) is 0 Å². The van der Waals surface area contributed by atoms with Crippen molar-refractivity contribution in [3.8, 4) is 0 Å². The Hall–Kier alpha value is -0.630. The number of thiophene rings is 1. The highest BCUT2D eigenvalue weighted by atomic mass is 32.1. The normalized spacial score (nSPS) is 17.9. The zero-order chi connectivity index (χ0) is 11.9. The van der Waals surface area contributed by atoms with Gasteiger partial charge in [0.1, 0.15) is 5.78 Å². The van der Waals surface area contributed by atoms with Gasteiger partial charge in [-0.25, -0.2) is 0 Å². The van der Waals surface area contributed by atoms with E-state index < -0.39 is 0 Å². The first-order valence-corrected chi connectivity index (χ1v) is 7.79. The summed E-state index contributed by atoms with van der Waals surface area (Å²) < 4.78 is 0. The zero-order valence-electron chi connectivity index (χ0n) is 10.5. The number of hydrogen-bond donors (Lipinski definition) is 0. The molecular formula is C15H22OS. The van der Waals surface area contributed by atoms with Crippen LogP contribution in [0.15, 0.2) is 17.5 Å². The minimum Gasteiger partial charge on any atom is -0.299 e. The molecule has 0 aliphatic heterocycles. The summed E-state index contributed by atoms with van der Waals surface area (Å²) in [5.41, 5.74) is 0. The van der Waals surface area contributed by atoms with Gasteiger partial charge >= 0.3 is 0 Å². The number of Topliss-reactive ketones (excluding diaryl/α,β-unsaturated/α-hetero) is 1. The summed E-state index contributed by atoms with van der Waals surface area (Å²) in [6.45, 7) is 0. The monoisotopic (exact) mass is 250 g/mol. The molecule has 0 bridgehead atoms. The summed E-state index contributed by atoms with van der Waals surface area (Å²) in [7, 11) is 0. The molecule has 2 heteroatoms. The van der Waals surface area contributed by atoms with Gasteiger partial charge in [-0.15, -0.1) is 11.3 Å². The Morgan fingerprint density at radius 3 is 2.65 bits per heavy atom. The van der Waals surface area contributed by atoms with Gasteiger partial charge in [0.2, 0.25) is 0 Å². The summed E-state index contributed by atoms with van der Waals surface area (Å²) in [6.07, 6.45) is 10.4. The van der Waals surface area contributed by atoms with Crippen LogP contribution in [-0.2, 0) is 11.2 Å². The predicted octanol–water partition coefficient (Wildman–Crippen LogP) is 4.61. The van der Waals surface area contributed by atoms with E-state index in [1.807, 2.05) is 0 Å². The molecule has 0 aromatic carbocycles. The fourth-order valence-corrected chi connectivity index (χ4v) is 3.45. The van der Waals surface area contributed by atoms with Gasteiger partial charge in [0, 0.05) is 17.2 Å². The molecule has 0 unspecified atom stereocenters. The summed E-state index contributed by atoms with van der Waals surface area (Å²) in [5.74, 6) is 0.921. The Morgan fingerprint density at radius 2 is 2.00 bits per heavy atom. The Bertz CT molecular complexity index is 321. The van der Waals surface area contributed by atoms with Gasteiger partial charge in [0.15, 0.2) is 0 Å². The third kappa shape index (κ3) is 4.27. The second kappa shape index (κ2) is 6.95. The fourth-order valence-electron chi connectivity index (χ4n) is 2.70. The molecule has 1 aliphatic rings. The highest BCUT2D eigenvalue weighted by Crippen LogP contribution is 2.25. The van der Waals surface area contributed by atoms with Gasteiger partial charge < -0.3 is 0 Å². The van der Waals surface area contributed by atoms with E-state index in [1.54, 1.807) is 11.3 Å².